The number of ether oxygens (including phenoxy) is 1. The minimum absolute atomic E-state index is 0.165. The fourth-order valence-electron chi connectivity index (χ4n) is 3.95. The molecule has 0 aromatic heterocycles. The number of nitrogens with zero attached hydrogens (tertiary/aromatic N) is 2. The predicted octanol–water partition coefficient (Wildman–Crippen LogP) is 3.47. The highest BCUT2D eigenvalue weighted by molar-refractivity contribution is 5.80. The molecule has 2 aromatic rings. The lowest BCUT2D eigenvalue weighted by atomic mass is 10.0. The highest BCUT2D eigenvalue weighted by Gasteiger charge is 2.20. The molecule has 0 unspecified atom stereocenters. The number of rotatable bonds is 8. The molecule has 0 atom stereocenters. The second kappa shape index (κ2) is 11.6. The van der Waals surface area contributed by atoms with Crippen LogP contribution >= 0.6 is 0 Å². The van der Waals surface area contributed by atoms with Crippen LogP contribution in [0.3, 0.4) is 0 Å². The van der Waals surface area contributed by atoms with E-state index in [9.17, 15) is 5.11 Å². The SMILES string of the molecule is CCNC(=NCCc1ccc(O)c(OC)c1)NC1CCN(Cc2ccccc2C)CC1. The van der Waals surface area contributed by atoms with Crippen molar-refractivity contribution in [1.29, 1.82) is 0 Å². The van der Waals surface area contributed by atoms with Crippen molar-refractivity contribution in [3.63, 3.8) is 0 Å². The van der Waals surface area contributed by atoms with Crippen LogP contribution in [0.4, 0.5) is 0 Å². The largest absolute Gasteiger partial charge is 0.504 e. The normalized spacial score (nSPS) is 15.6. The van der Waals surface area contributed by atoms with Crippen LogP contribution in [0.25, 0.3) is 0 Å². The summed E-state index contributed by atoms with van der Waals surface area (Å²) in [6, 6.07) is 14.6. The number of aliphatic imine (C=N–C) groups is 1. The molecule has 0 amide bonds. The lowest BCUT2D eigenvalue weighted by Gasteiger charge is -2.33. The number of hydrogen-bond donors (Lipinski definition) is 3. The number of hydrogen-bond acceptors (Lipinski definition) is 4. The van der Waals surface area contributed by atoms with E-state index < -0.39 is 0 Å². The fraction of sp³-hybridized carbons (Fsp3) is 0.480. The number of phenols is 1. The first kappa shape index (κ1) is 22.9. The molecule has 0 radical (unpaired) electrons. The van der Waals surface area contributed by atoms with Crippen LogP contribution in [0.5, 0.6) is 11.5 Å². The third-order valence-electron chi connectivity index (χ3n) is 5.84. The van der Waals surface area contributed by atoms with Gasteiger partial charge in [-0.15, -0.1) is 0 Å². The van der Waals surface area contributed by atoms with Gasteiger partial charge in [-0.2, -0.15) is 0 Å². The van der Waals surface area contributed by atoms with Crippen molar-refractivity contribution >= 4 is 5.96 Å². The molecular formula is C25H36N4O2. The van der Waals surface area contributed by atoms with Gasteiger partial charge in [-0.05, 0) is 61.9 Å². The van der Waals surface area contributed by atoms with Crippen molar-refractivity contribution in [3.05, 3.63) is 59.2 Å². The van der Waals surface area contributed by atoms with E-state index in [0.717, 1.165) is 57.0 Å². The number of piperidine rings is 1. The quantitative estimate of drug-likeness (QED) is 0.447. The number of methoxy groups -OCH3 is 1. The minimum Gasteiger partial charge on any atom is -0.504 e. The summed E-state index contributed by atoms with van der Waals surface area (Å²) in [5, 5.41) is 16.7. The molecule has 6 heteroatoms. The van der Waals surface area contributed by atoms with Gasteiger partial charge in [0.2, 0.25) is 0 Å². The van der Waals surface area contributed by atoms with Crippen LogP contribution in [0.2, 0.25) is 0 Å². The molecule has 1 heterocycles. The number of likely N-dealkylation sites (tertiary alicyclic amines) is 1. The second-order valence-corrected chi connectivity index (χ2v) is 8.14. The van der Waals surface area contributed by atoms with Gasteiger partial charge >= 0.3 is 0 Å². The lowest BCUT2D eigenvalue weighted by molar-refractivity contribution is 0.198. The van der Waals surface area contributed by atoms with Gasteiger partial charge in [0.1, 0.15) is 0 Å². The van der Waals surface area contributed by atoms with Crippen molar-refractivity contribution < 1.29 is 9.84 Å². The molecule has 1 aliphatic rings. The maximum atomic E-state index is 9.74. The average Bonchev–Trinajstić information content (AvgIpc) is 2.78. The van der Waals surface area contributed by atoms with E-state index in [-0.39, 0.29) is 5.75 Å². The fourth-order valence-corrected chi connectivity index (χ4v) is 3.95. The highest BCUT2D eigenvalue weighted by atomic mass is 16.5. The summed E-state index contributed by atoms with van der Waals surface area (Å²) in [6.07, 6.45) is 3.03. The molecule has 0 spiro atoms. The van der Waals surface area contributed by atoms with Crippen molar-refractivity contribution in [2.75, 3.05) is 33.3 Å². The van der Waals surface area contributed by atoms with Crippen LogP contribution < -0.4 is 15.4 Å². The van der Waals surface area contributed by atoms with E-state index in [4.69, 9.17) is 9.73 Å². The van der Waals surface area contributed by atoms with Gasteiger partial charge in [0.25, 0.3) is 0 Å². The number of aromatic hydroxyl groups is 1. The van der Waals surface area contributed by atoms with Crippen molar-refractivity contribution in [2.24, 2.45) is 4.99 Å². The van der Waals surface area contributed by atoms with E-state index in [0.29, 0.717) is 18.3 Å². The zero-order valence-electron chi connectivity index (χ0n) is 19.0. The molecule has 0 aliphatic carbocycles. The summed E-state index contributed by atoms with van der Waals surface area (Å²) in [7, 11) is 1.57. The molecule has 0 bridgehead atoms. The summed E-state index contributed by atoms with van der Waals surface area (Å²) < 4.78 is 5.19. The molecule has 6 nitrogen and oxygen atoms in total. The first-order valence-electron chi connectivity index (χ1n) is 11.3. The average molecular weight is 425 g/mol. The molecule has 2 aromatic carbocycles. The van der Waals surface area contributed by atoms with E-state index in [1.807, 2.05) is 12.1 Å². The Hall–Kier alpha value is -2.73. The summed E-state index contributed by atoms with van der Waals surface area (Å²) in [5.74, 6) is 1.55. The second-order valence-electron chi connectivity index (χ2n) is 8.14. The Labute approximate surface area is 186 Å². The number of benzene rings is 2. The molecule has 168 valence electrons. The maximum absolute atomic E-state index is 9.74. The van der Waals surface area contributed by atoms with Crippen molar-refractivity contribution in [2.45, 2.75) is 45.7 Å². The molecule has 0 saturated carbocycles. The van der Waals surface area contributed by atoms with Gasteiger partial charge in [0, 0.05) is 38.8 Å². The predicted molar refractivity (Wildman–Crippen MR) is 127 cm³/mol. The number of phenolic OH excluding ortho intramolecular Hbond substituents is 1. The van der Waals surface area contributed by atoms with Crippen LogP contribution in [0.15, 0.2) is 47.5 Å². The molecule has 1 saturated heterocycles. The van der Waals surface area contributed by atoms with Crippen LogP contribution in [0, 0.1) is 6.92 Å². The number of nitrogens with one attached hydrogen (secondary N) is 2. The van der Waals surface area contributed by atoms with Gasteiger partial charge in [0.05, 0.1) is 7.11 Å². The summed E-state index contributed by atoms with van der Waals surface area (Å²) >= 11 is 0. The van der Waals surface area contributed by atoms with Gasteiger partial charge in [-0.25, -0.2) is 0 Å². The minimum atomic E-state index is 0.165. The van der Waals surface area contributed by atoms with Gasteiger partial charge < -0.3 is 20.5 Å². The smallest absolute Gasteiger partial charge is 0.191 e. The highest BCUT2D eigenvalue weighted by Crippen LogP contribution is 2.26. The molecule has 31 heavy (non-hydrogen) atoms. The molecule has 1 fully saturated rings. The van der Waals surface area contributed by atoms with E-state index in [1.165, 1.54) is 11.1 Å². The van der Waals surface area contributed by atoms with Crippen LogP contribution in [0.1, 0.15) is 36.5 Å². The zero-order valence-corrected chi connectivity index (χ0v) is 19.0. The molecule has 1 aliphatic heterocycles. The summed E-state index contributed by atoms with van der Waals surface area (Å²) in [5.41, 5.74) is 3.89. The molecular weight excluding hydrogens is 388 g/mol. The Morgan fingerprint density at radius 2 is 1.97 bits per heavy atom. The van der Waals surface area contributed by atoms with Crippen LogP contribution in [-0.4, -0.2) is 55.3 Å². The Morgan fingerprint density at radius 1 is 1.19 bits per heavy atom. The lowest BCUT2D eigenvalue weighted by Crippen LogP contribution is -2.48. The van der Waals surface area contributed by atoms with Gasteiger partial charge in [-0.1, -0.05) is 30.3 Å². The third kappa shape index (κ3) is 6.89. The van der Waals surface area contributed by atoms with Crippen molar-refractivity contribution in [3.8, 4) is 11.5 Å². The van der Waals surface area contributed by atoms with Crippen LogP contribution in [-0.2, 0) is 13.0 Å². The first-order chi connectivity index (χ1) is 15.1. The Balaban J connectivity index is 1.48. The Kier molecular flexibility index (Phi) is 8.59. The van der Waals surface area contributed by atoms with E-state index in [2.05, 4.69) is 53.6 Å². The van der Waals surface area contributed by atoms with Gasteiger partial charge in [0.15, 0.2) is 17.5 Å². The molecule has 3 N–H and O–H groups in total. The monoisotopic (exact) mass is 424 g/mol. The summed E-state index contributed by atoms with van der Waals surface area (Å²) in [4.78, 5) is 7.30. The zero-order chi connectivity index (χ0) is 22.1. The van der Waals surface area contributed by atoms with E-state index >= 15 is 0 Å². The first-order valence-corrected chi connectivity index (χ1v) is 11.3. The third-order valence-corrected chi connectivity index (χ3v) is 5.84. The van der Waals surface area contributed by atoms with E-state index in [1.54, 1.807) is 13.2 Å². The Morgan fingerprint density at radius 3 is 2.68 bits per heavy atom. The summed E-state index contributed by atoms with van der Waals surface area (Å²) in [6.45, 7) is 9.02. The molecule has 3 rings (SSSR count). The standard InChI is InChI=1S/C25H36N4O2/c1-4-26-25(27-14-11-20-9-10-23(30)24(17-20)31-3)28-22-12-15-29(16-13-22)18-21-8-6-5-7-19(21)2/h5-10,17,22,30H,4,11-16,18H2,1-3H3,(H2,26,27,28). The number of guanidine groups is 1. The van der Waals surface area contributed by atoms with Gasteiger partial charge in [-0.3, -0.25) is 9.89 Å². The topological polar surface area (TPSA) is 69.1 Å². The van der Waals surface area contributed by atoms with Crippen molar-refractivity contribution in [1.82, 2.24) is 15.5 Å². The number of aryl methyl sites for hydroxylation is 1. The maximum Gasteiger partial charge on any atom is 0.191 e. The Bertz CT molecular complexity index is 860.